The predicted octanol–water partition coefficient (Wildman–Crippen LogP) is 2.33. The van der Waals surface area contributed by atoms with Gasteiger partial charge in [0.05, 0.1) is 5.92 Å². The molecule has 18 heavy (non-hydrogen) atoms. The summed E-state index contributed by atoms with van der Waals surface area (Å²) >= 11 is 0. The van der Waals surface area contributed by atoms with Crippen LogP contribution in [0, 0.1) is 11.7 Å². The molecule has 0 spiro atoms. The van der Waals surface area contributed by atoms with Crippen molar-refractivity contribution in [2.24, 2.45) is 11.7 Å². The lowest BCUT2D eigenvalue weighted by Gasteiger charge is -2.26. The van der Waals surface area contributed by atoms with E-state index < -0.39 is 24.5 Å². The predicted molar refractivity (Wildman–Crippen MR) is 60.9 cm³/mol. The number of fused-ring (bicyclic) bond motifs is 1. The van der Waals surface area contributed by atoms with Crippen LogP contribution >= 0.6 is 0 Å². The first-order valence-corrected chi connectivity index (χ1v) is 5.72. The first-order valence-electron chi connectivity index (χ1n) is 5.72. The molecule has 1 aliphatic heterocycles. The van der Waals surface area contributed by atoms with Crippen LogP contribution in [0.2, 0.25) is 0 Å². The van der Waals surface area contributed by atoms with Crippen LogP contribution in [0.15, 0.2) is 18.2 Å². The van der Waals surface area contributed by atoms with Crippen molar-refractivity contribution in [3.8, 4) is 0 Å². The summed E-state index contributed by atoms with van der Waals surface area (Å²) in [6, 6.07) is 4.23. The molecule has 1 atom stereocenters. The first kappa shape index (κ1) is 13.1. The van der Waals surface area contributed by atoms with E-state index in [1.54, 1.807) is 11.0 Å². The molecular formula is C12H14F4N2. The third kappa shape index (κ3) is 2.58. The van der Waals surface area contributed by atoms with Crippen molar-refractivity contribution in [1.82, 2.24) is 0 Å². The molecule has 0 bridgehead atoms. The minimum Gasteiger partial charge on any atom is -0.370 e. The third-order valence-electron chi connectivity index (χ3n) is 3.23. The Balaban J connectivity index is 2.16. The Morgan fingerprint density at radius 3 is 2.67 bits per heavy atom. The Morgan fingerprint density at radius 1 is 1.33 bits per heavy atom. The molecule has 0 aromatic heterocycles. The Labute approximate surface area is 102 Å². The van der Waals surface area contributed by atoms with E-state index in [0.717, 1.165) is 5.56 Å². The number of hydrogen-bond acceptors (Lipinski definition) is 2. The number of nitrogens with zero attached hydrogens (tertiary/aromatic N) is 1. The number of benzene rings is 1. The molecule has 0 saturated carbocycles. The molecule has 0 aliphatic carbocycles. The van der Waals surface area contributed by atoms with E-state index in [0.29, 0.717) is 18.7 Å². The third-order valence-corrected chi connectivity index (χ3v) is 3.23. The number of alkyl halides is 3. The molecule has 1 unspecified atom stereocenters. The molecule has 1 heterocycles. The van der Waals surface area contributed by atoms with Gasteiger partial charge in [-0.2, -0.15) is 13.2 Å². The second kappa shape index (κ2) is 4.76. The van der Waals surface area contributed by atoms with E-state index in [9.17, 15) is 17.6 Å². The van der Waals surface area contributed by atoms with Crippen molar-refractivity contribution in [2.45, 2.75) is 12.6 Å². The van der Waals surface area contributed by atoms with Crippen molar-refractivity contribution in [3.63, 3.8) is 0 Å². The van der Waals surface area contributed by atoms with Gasteiger partial charge in [-0.25, -0.2) is 4.39 Å². The molecule has 100 valence electrons. The maximum atomic E-state index is 13.1. The second-order valence-corrected chi connectivity index (χ2v) is 4.44. The lowest BCUT2D eigenvalue weighted by Crippen LogP contribution is -2.40. The van der Waals surface area contributed by atoms with E-state index in [2.05, 4.69) is 0 Å². The molecular weight excluding hydrogens is 248 g/mol. The highest BCUT2D eigenvalue weighted by atomic mass is 19.4. The van der Waals surface area contributed by atoms with Crippen molar-refractivity contribution >= 4 is 5.69 Å². The van der Waals surface area contributed by atoms with Crippen LogP contribution in [0.3, 0.4) is 0 Å². The minimum atomic E-state index is -4.31. The maximum absolute atomic E-state index is 13.1. The van der Waals surface area contributed by atoms with Crippen LogP contribution in [0.1, 0.15) is 5.56 Å². The van der Waals surface area contributed by atoms with Gasteiger partial charge < -0.3 is 10.6 Å². The lowest BCUT2D eigenvalue weighted by molar-refractivity contribution is -0.168. The quantitative estimate of drug-likeness (QED) is 0.847. The van der Waals surface area contributed by atoms with Crippen molar-refractivity contribution in [2.75, 3.05) is 24.5 Å². The van der Waals surface area contributed by atoms with E-state index in [4.69, 9.17) is 5.73 Å². The number of anilines is 1. The van der Waals surface area contributed by atoms with E-state index >= 15 is 0 Å². The van der Waals surface area contributed by atoms with Crippen LogP contribution in [0.5, 0.6) is 0 Å². The summed E-state index contributed by atoms with van der Waals surface area (Å²) in [5, 5.41) is 0. The SMILES string of the molecule is NCC(CN1CCc2ccc(F)cc21)C(F)(F)F. The largest absolute Gasteiger partial charge is 0.394 e. The van der Waals surface area contributed by atoms with Gasteiger partial charge in [0.25, 0.3) is 0 Å². The second-order valence-electron chi connectivity index (χ2n) is 4.44. The average molecular weight is 262 g/mol. The Kier molecular flexibility index (Phi) is 3.47. The lowest BCUT2D eigenvalue weighted by atomic mass is 10.1. The molecule has 1 aliphatic rings. The van der Waals surface area contributed by atoms with Gasteiger partial charge in [-0.15, -0.1) is 0 Å². The normalized spacial score (nSPS) is 16.8. The Morgan fingerprint density at radius 2 is 2.06 bits per heavy atom. The minimum absolute atomic E-state index is 0.212. The van der Waals surface area contributed by atoms with E-state index in [1.165, 1.54) is 12.1 Å². The summed E-state index contributed by atoms with van der Waals surface area (Å²) in [6.07, 6.45) is -3.67. The van der Waals surface area contributed by atoms with Gasteiger partial charge in [0.2, 0.25) is 0 Å². The molecule has 6 heteroatoms. The summed E-state index contributed by atoms with van der Waals surface area (Å²) in [7, 11) is 0. The first-order chi connectivity index (χ1) is 8.41. The molecule has 2 N–H and O–H groups in total. The maximum Gasteiger partial charge on any atom is 0.394 e. The zero-order valence-electron chi connectivity index (χ0n) is 9.67. The summed E-state index contributed by atoms with van der Waals surface area (Å²) in [4.78, 5) is 1.56. The highest BCUT2D eigenvalue weighted by Crippen LogP contribution is 2.32. The van der Waals surface area contributed by atoms with Gasteiger partial charge in [0.1, 0.15) is 5.82 Å². The topological polar surface area (TPSA) is 29.3 Å². The summed E-state index contributed by atoms with van der Waals surface area (Å²) in [6.45, 7) is -0.188. The molecule has 0 radical (unpaired) electrons. The van der Waals surface area contributed by atoms with Crippen molar-refractivity contribution in [1.29, 1.82) is 0 Å². The van der Waals surface area contributed by atoms with E-state index in [-0.39, 0.29) is 6.54 Å². The molecule has 0 amide bonds. The van der Waals surface area contributed by atoms with Crippen LogP contribution in [0.25, 0.3) is 0 Å². The summed E-state index contributed by atoms with van der Waals surface area (Å²) in [5.41, 5.74) is 6.60. The standard InChI is InChI=1S/C12H14F4N2/c13-10-2-1-8-3-4-18(11(8)5-10)7-9(6-17)12(14,15)16/h1-2,5,9H,3-4,6-7,17H2. The van der Waals surface area contributed by atoms with Gasteiger partial charge in [0.15, 0.2) is 0 Å². The number of rotatable bonds is 3. The number of nitrogens with two attached hydrogens (primary N) is 1. The van der Waals surface area contributed by atoms with Crippen molar-refractivity contribution < 1.29 is 17.6 Å². The Bertz CT molecular complexity index is 431. The zero-order chi connectivity index (χ0) is 13.3. The van der Waals surface area contributed by atoms with Gasteiger partial charge in [-0.3, -0.25) is 0 Å². The van der Waals surface area contributed by atoms with E-state index in [1.807, 2.05) is 0 Å². The average Bonchev–Trinajstić information content (AvgIpc) is 2.66. The van der Waals surface area contributed by atoms with Crippen LogP contribution in [-0.4, -0.2) is 25.8 Å². The fourth-order valence-electron chi connectivity index (χ4n) is 2.19. The summed E-state index contributed by atoms with van der Waals surface area (Å²) in [5.74, 6) is -2.01. The highest BCUT2D eigenvalue weighted by Gasteiger charge is 2.40. The van der Waals surface area contributed by atoms with Crippen LogP contribution in [0.4, 0.5) is 23.2 Å². The zero-order valence-corrected chi connectivity index (χ0v) is 9.67. The number of halogens is 4. The Hall–Kier alpha value is -1.30. The molecule has 1 aromatic carbocycles. The van der Waals surface area contributed by atoms with Gasteiger partial charge in [0, 0.05) is 25.3 Å². The molecule has 0 saturated heterocycles. The monoisotopic (exact) mass is 262 g/mol. The van der Waals surface area contributed by atoms with Crippen molar-refractivity contribution in [3.05, 3.63) is 29.6 Å². The summed E-state index contributed by atoms with van der Waals surface area (Å²) < 4.78 is 51.1. The van der Waals surface area contributed by atoms with Gasteiger partial charge >= 0.3 is 6.18 Å². The molecule has 1 aromatic rings. The fraction of sp³-hybridized carbons (Fsp3) is 0.500. The highest BCUT2D eigenvalue weighted by molar-refractivity contribution is 5.58. The fourth-order valence-corrected chi connectivity index (χ4v) is 2.19. The molecule has 2 rings (SSSR count). The smallest absolute Gasteiger partial charge is 0.370 e. The molecule has 2 nitrogen and oxygen atoms in total. The van der Waals surface area contributed by atoms with Crippen LogP contribution in [-0.2, 0) is 6.42 Å². The molecule has 0 fully saturated rings. The number of hydrogen-bond donors (Lipinski definition) is 1. The van der Waals surface area contributed by atoms with Gasteiger partial charge in [-0.1, -0.05) is 6.07 Å². The van der Waals surface area contributed by atoms with Gasteiger partial charge in [-0.05, 0) is 24.1 Å². The van der Waals surface area contributed by atoms with Crippen LogP contribution < -0.4 is 10.6 Å².